The van der Waals surface area contributed by atoms with Crippen molar-refractivity contribution in [2.75, 3.05) is 0 Å². The molecule has 0 atom stereocenters. The van der Waals surface area contributed by atoms with E-state index in [0.29, 0.717) is 20.8 Å². The number of nitrogens with zero attached hydrogens (tertiary/aromatic N) is 3. The van der Waals surface area contributed by atoms with Gasteiger partial charge in [-0.05, 0) is 0 Å². The van der Waals surface area contributed by atoms with Crippen LogP contribution in [0.4, 0.5) is 0 Å². The second-order valence-corrected chi connectivity index (χ2v) is 4.41. The number of pyridine rings is 1. The summed E-state index contributed by atoms with van der Waals surface area (Å²) >= 11 is 12.7. The molecule has 0 aliphatic heterocycles. The summed E-state index contributed by atoms with van der Waals surface area (Å²) in [5, 5.41) is 4.33. The van der Waals surface area contributed by atoms with E-state index in [0.717, 1.165) is 11.5 Å². The van der Waals surface area contributed by atoms with Crippen LogP contribution < -0.4 is 4.74 Å². The molecule has 2 aromatic heterocycles. The Labute approximate surface area is 100.0 Å². The third-order valence-electron chi connectivity index (χ3n) is 1.56. The summed E-state index contributed by atoms with van der Waals surface area (Å²) in [7, 11) is 0. The summed E-state index contributed by atoms with van der Waals surface area (Å²) < 4.78 is 9.61. The van der Waals surface area contributed by atoms with Crippen molar-refractivity contribution >= 4 is 34.7 Å². The summed E-state index contributed by atoms with van der Waals surface area (Å²) in [6.45, 7) is 0.261. The first-order valence-corrected chi connectivity index (χ1v) is 5.49. The Hall–Kier alpha value is -0.910. The molecule has 0 saturated carbocycles. The van der Waals surface area contributed by atoms with E-state index >= 15 is 0 Å². The van der Waals surface area contributed by atoms with Gasteiger partial charge in [0, 0.05) is 23.8 Å². The number of hydrogen-bond acceptors (Lipinski definition) is 5. The number of rotatable bonds is 3. The molecule has 0 amide bonds. The Morgan fingerprint density at radius 1 is 1.33 bits per heavy atom. The Morgan fingerprint density at radius 2 is 2.20 bits per heavy atom. The van der Waals surface area contributed by atoms with Gasteiger partial charge in [-0.3, -0.25) is 4.98 Å². The Bertz CT molecular complexity index is 463. The molecule has 15 heavy (non-hydrogen) atoms. The molecule has 2 heterocycles. The average molecular weight is 262 g/mol. The standard InChI is InChI=1S/C8H5Cl2N3OS/c9-5-1-6(3-11-2-5)14-4-7-8(10)15-13-12-7/h1-3H,4H2. The van der Waals surface area contributed by atoms with Crippen molar-refractivity contribution in [1.29, 1.82) is 0 Å². The topological polar surface area (TPSA) is 47.9 Å². The molecule has 0 aliphatic carbocycles. The van der Waals surface area contributed by atoms with Crippen LogP contribution in [-0.2, 0) is 6.61 Å². The molecule has 0 bridgehead atoms. The van der Waals surface area contributed by atoms with Crippen LogP contribution in [0.3, 0.4) is 0 Å². The van der Waals surface area contributed by atoms with E-state index in [1.165, 1.54) is 6.20 Å². The molecule has 78 valence electrons. The van der Waals surface area contributed by atoms with Crippen LogP contribution in [-0.4, -0.2) is 14.6 Å². The van der Waals surface area contributed by atoms with E-state index in [1.807, 2.05) is 0 Å². The van der Waals surface area contributed by atoms with Crippen LogP contribution in [0.25, 0.3) is 0 Å². The maximum Gasteiger partial charge on any atom is 0.141 e. The summed E-state index contributed by atoms with van der Waals surface area (Å²) in [4.78, 5) is 3.88. The average Bonchev–Trinajstić information content (AvgIpc) is 2.61. The monoisotopic (exact) mass is 261 g/mol. The predicted octanol–water partition coefficient (Wildman–Crippen LogP) is 2.82. The van der Waals surface area contributed by atoms with E-state index in [2.05, 4.69) is 14.6 Å². The van der Waals surface area contributed by atoms with Gasteiger partial charge in [-0.1, -0.05) is 27.7 Å². The lowest BCUT2D eigenvalue weighted by Gasteiger charge is -2.03. The van der Waals surface area contributed by atoms with E-state index in [9.17, 15) is 0 Å². The molecule has 0 unspecified atom stereocenters. The first-order valence-electron chi connectivity index (χ1n) is 3.96. The SMILES string of the molecule is Clc1cncc(OCc2nnsc2Cl)c1. The van der Waals surface area contributed by atoms with Gasteiger partial charge in [-0.15, -0.1) is 5.10 Å². The Kier molecular flexibility index (Phi) is 3.35. The third kappa shape index (κ3) is 2.77. The highest BCUT2D eigenvalue weighted by Gasteiger charge is 2.06. The van der Waals surface area contributed by atoms with Crippen LogP contribution in [0.15, 0.2) is 18.5 Å². The van der Waals surface area contributed by atoms with Crippen LogP contribution in [0.2, 0.25) is 9.36 Å². The molecule has 0 fully saturated rings. The maximum atomic E-state index is 5.81. The van der Waals surface area contributed by atoms with Crippen molar-refractivity contribution in [1.82, 2.24) is 14.6 Å². The lowest BCUT2D eigenvalue weighted by atomic mass is 10.4. The molecule has 2 rings (SSSR count). The molecule has 7 heteroatoms. The largest absolute Gasteiger partial charge is 0.485 e. The number of halogens is 2. The minimum Gasteiger partial charge on any atom is -0.485 e. The normalized spacial score (nSPS) is 10.3. The van der Waals surface area contributed by atoms with Crippen LogP contribution in [0, 0.1) is 0 Å². The van der Waals surface area contributed by atoms with Crippen molar-refractivity contribution < 1.29 is 4.74 Å². The predicted molar refractivity (Wildman–Crippen MR) is 58.5 cm³/mol. The quantitative estimate of drug-likeness (QED) is 0.853. The molecule has 0 aliphatic rings. The fraction of sp³-hybridized carbons (Fsp3) is 0.125. The number of hydrogen-bond donors (Lipinski definition) is 0. The highest BCUT2D eigenvalue weighted by atomic mass is 35.5. The smallest absolute Gasteiger partial charge is 0.141 e. The van der Waals surface area contributed by atoms with E-state index in [1.54, 1.807) is 12.3 Å². The van der Waals surface area contributed by atoms with Crippen molar-refractivity contribution in [3.8, 4) is 5.75 Å². The summed E-state index contributed by atoms with van der Waals surface area (Å²) in [5.41, 5.74) is 0.613. The summed E-state index contributed by atoms with van der Waals surface area (Å²) in [6.07, 6.45) is 3.10. The highest BCUT2D eigenvalue weighted by Crippen LogP contribution is 2.20. The fourth-order valence-electron chi connectivity index (χ4n) is 0.906. The Balaban J connectivity index is 2.02. The maximum absolute atomic E-state index is 5.81. The lowest BCUT2D eigenvalue weighted by molar-refractivity contribution is 0.300. The molecule has 0 N–H and O–H groups in total. The molecular weight excluding hydrogens is 257 g/mol. The second-order valence-electron chi connectivity index (χ2n) is 2.62. The molecule has 0 saturated heterocycles. The first kappa shape index (κ1) is 10.6. The summed E-state index contributed by atoms with van der Waals surface area (Å²) in [6, 6.07) is 1.67. The van der Waals surface area contributed by atoms with Crippen molar-refractivity contribution in [2.45, 2.75) is 6.61 Å². The van der Waals surface area contributed by atoms with Crippen LogP contribution >= 0.6 is 34.7 Å². The van der Waals surface area contributed by atoms with Crippen LogP contribution in [0.5, 0.6) is 5.75 Å². The molecular formula is C8H5Cl2N3OS. The zero-order chi connectivity index (χ0) is 10.7. The van der Waals surface area contributed by atoms with Gasteiger partial charge in [-0.25, -0.2) is 0 Å². The fourth-order valence-corrected chi connectivity index (χ4v) is 1.67. The highest BCUT2D eigenvalue weighted by molar-refractivity contribution is 7.10. The number of ether oxygens (including phenoxy) is 1. The van der Waals surface area contributed by atoms with Crippen LogP contribution in [0.1, 0.15) is 5.69 Å². The molecule has 4 nitrogen and oxygen atoms in total. The van der Waals surface area contributed by atoms with Gasteiger partial charge < -0.3 is 4.74 Å². The van der Waals surface area contributed by atoms with Crippen molar-refractivity contribution in [3.05, 3.63) is 33.5 Å². The van der Waals surface area contributed by atoms with Crippen molar-refractivity contribution in [3.63, 3.8) is 0 Å². The van der Waals surface area contributed by atoms with Gasteiger partial charge in [0.2, 0.25) is 0 Å². The van der Waals surface area contributed by atoms with Gasteiger partial charge in [0.25, 0.3) is 0 Å². The lowest BCUT2D eigenvalue weighted by Crippen LogP contribution is -1.96. The van der Waals surface area contributed by atoms with Gasteiger partial charge >= 0.3 is 0 Å². The third-order valence-corrected chi connectivity index (χ3v) is 2.76. The van der Waals surface area contributed by atoms with Gasteiger partial charge in [0.05, 0.1) is 11.2 Å². The van der Waals surface area contributed by atoms with Gasteiger partial charge in [0.15, 0.2) is 0 Å². The first-order chi connectivity index (χ1) is 7.25. The van der Waals surface area contributed by atoms with E-state index in [4.69, 9.17) is 27.9 Å². The molecule has 0 aromatic carbocycles. The molecule has 2 aromatic rings. The van der Waals surface area contributed by atoms with Gasteiger partial charge in [0.1, 0.15) is 22.4 Å². The molecule has 0 radical (unpaired) electrons. The second kappa shape index (κ2) is 4.74. The zero-order valence-corrected chi connectivity index (χ0v) is 9.68. The van der Waals surface area contributed by atoms with Gasteiger partial charge in [-0.2, -0.15) is 0 Å². The summed E-state index contributed by atoms with van der Waals surface area (Å²) in [5.74, 6) is 0.576. The van der Waals surface area contributed by atoms with E-state index < -0.39 is 0 Å². The van der Waals surface area contributed by atoms with E-state index in [-0.39, 0.29) is 6.61 Å². The minimum absolute atomic E-state index is 0.261. The zero-order valence-electron chi connectivity index (χ0n) is 7.35. The Morgan fingerprint density at radius 3 is 2.87 bits per heavy atom. The number of aromatic nitrogens is 3. The minimum atomic E-state index is 0.261. The van der Waals surface area contributed by atoms with Crippen molar-refractivity contribution in [2.24, 2.45) is 0 Å². The molecule has 0 spiro atoms.